The van der Waals surface area contributed by atoms with Crippen LogP contribution in [0.3, 0.4) is 0 Å². The van der Waals surface area contributed by atoms with Crippen LogP contribution in [0.4, 0.5) is 8.78 Å². The molecule has 0 aromatic heterocycles. The van der Waals surface area contributed by atoms with Gasteiger partial charge in [0.1, 0.15) is 0 Å². The largest absolute Gasteiger partial charge is 0.349 e. The van der Waals surface area contributed by atoms with Gasteiger partial charge < -0.3 is 5.32 Å². The monoisotopic (exact) mass is 367 g/mol. The Morgan fingerprint density at radius 3 is 2.83 bits per heavy atom. The number of fused-ring (bicyclic) bond motifs is 1. The molecular formula is C18H16ClF2NOS. The molecule has 1 N–H and O–H groups in total. The molecule has 1 aliphatic heterocycles. The number of amides is 1. The third-order valence-electron chi connectivity index (χ3n) is 3.97. The maximum absolute atomic E-state index is 13.2. The van der Waals surface area contributed by atoms with Gasteiger partial charge in [-0.05, 0) is 54.3 Å². The molecule has 126 valence electrons. The van der Waals surface area contributed by atoms with Crippen LogP contribution in [0.2, 0.25) is 5.02 Å². The fourth-order valence-corrected chi connectivity index (χ4v) is 4.02. The van der Waals surface area contributed by atoms with E-state index in [1.165, 1.54) is 6.07 Å². The second-order valence-corrected chi connectivity index (χ2v) is 7.26. The Bertz CT molecular complexity index is 769. The summed E-state index contributed by atoms with van der Waals surface area (Å²) in [6, 6.07) is 9.37. The lowest BCUT2D eigenvalue weighted by Crippen LogP contribution is -2.30. The molecule has 0 saturated carbocycles. The second kappa shape index (κ2) is 7.53. The van der Waals surface area contributed by atoms with E-state index in [1.807, 2.05) is 18.2 Å². The predicted molar refractivity (Wildman–Crippen MR) is 92.4 cm³/mol. The Morgan fingerprint density at radius 1 is 1.21 bits per heavy atom. The summed E-state index contributed by atoms with van der Waals surface area (Å²) in [6.45, 7) is 0. The van der Waals surface area contributed by atoms with E-state index >= 15 is 0 Å². The lowest BCUT2D eigenvalue weighted by molar-refractivity contribution is -0.121. The number of rotatable bonds is 4. The van der Waals surface area contributed by atoms with Gasteiger partial charge >= 0.3 is 0 Å². The van der Waals surface area contributed by atoms with Gasteiger partial charge in [0, 0.05) is 22.1 Å². The minimum Gasteiger partial charge on any atom is -0.349 e. The van der Waals surface area contributed by atoms with E-state index in [0.717, 1.165) is 34.8 Å². The number of hydrogen-bond acceptors (Lipinski definition) is 2. The van der Waals surface area contributed by atoms with Crippen LogP contribution in [-0.4, -0.2) is 11.7 Å². The summed E-state index contributed by atoms with van der Waals surface area (Å²) < 4.78 is 26.1. The summed E-state index contributed by atoms with van der Waals surface area (Å²) >= 11 is 7.81. The van der Waals surface area contributed by atoms with E-state index in [0.29, 0.717) is 17.0 Å². The number of halogens is 3. The molecule has 1 aliphatic rings. The normalized spacial score (nSPS) is 16.5. The van der Waals surface area contributed by atoms with Crippen molar-refractivity contribution in [1.82, 2.24) is 5.32 Å². The molecule has 1 atom stereocenters. The third-order valence-corrected chi connectivity index (χ3v) is 5.33. The number of carbonyl (C=O) groups excluding carboxylic acids is 1. The van der Waals surface area contributed by atoms with Crippen molar-refractivity contribution in [3.63, 3.8) is 0 Å². The number of benzene rings is 2. The standard InChI is InChI=1S/C18H16ClF2NOS/c19-12-3-5-17-13(10-12)16(7-8-24-17)22-18(23)6-2-11-1-4-14(20)15(21)9-11/h1,3-5,9-10,16H,2,6-8H2,(H,22,23). The molecule has 2 aromatic carbocycles. The summed E-state index contributed by atoms with van der Waals surface area (Å²) in [6.07, 6.45) is 1.44. The number of hydrogen-bond donors (Lipinski definition) is 1. The van der Waals surface area contributed by atoms with Gasteiger partial charge in [-0.1, -0.05) is 17.7 Å². The fourth-order valence-electron chi connectivity index (χ4n) is 2.73. The predicted octanol–water partition coefficient (Wildman–Crippen LogP) is 4.90. The van der Waals surface area contributed by atoms with Crippen LogP contribution in [0.5, 0.6) is 0 Å². The number of carbonyl (C=O) groups is 1. The molecule has 0 radical (unpaired) electrons. The van der Waals surface area contributed by atoms with Crippen molar-refractivity contribution in [1.29, 1.82) is 0 Å². The van der Waals surface area contributed by atoms with Crippen LogP contribution < -0.4 is 5.32 Å². The molecule has 0 fully saturated rings. The first kappa shape index (κ1) is 17.2. The van der Waals surface area contributed by atoms with Crippen molar-refractivity contribution in [3.8, 4) is 0 Å². The van der Waals surface area contributed by atoms with E-state index in [-0.39, 0.29) is 18.4 Å². The van der Waals surface area contributed by atoms with Crippen molar-refractivity contribution in [2.75, 3.05) is 5.75 Å². The summed E-state index contributed by atoms with van der Waals surface area (Å²) in [4.78, 5) is 13.3. The number of aryl methyl sites for hydroxylation is 1. The van der Waals surface area contributed by atoms with Crippen LogP contribution >= 0.6 is 23.4 Å². The van der Waals surface area contributed by atoms with Gasteiger partial charge in [0.25, 0.3) is 0 Å². The molecule has 0 spiro atoms. The second-order valence-electron chi connectivity index (χ2n) is 5.69. The zero-order chi connectivity index (χ0) is 17.1. The van der Waals surface area contributed by atoms with Gasteiger partial charge in [0.05, 0.1) is 6.04 Å². The van der Waals surface area contributed by atoms with Crippen molar-refractivity contribution in [2.45, 2.75) is 30.2 Å². The van der Waals surface area contributed by atoms with Gasteiger partial charge in [-0.25, -0.2) is 8.78 Å². The summed E-state index contributed by atoms with van der Waals surface area (Å²) in [7, 11) is 0. The van der Waals surface area contributed by atoms with Gasteiger partial charge in [0.15, 0.2) is 11.6 Å². The Morgan fingerprint density at radius 2 is 2.04 bits per heavy atom. The van der Waals surface area contributed by atoms with Gasteiger partial charge in [-0.15, -0.1) is 11.8 Å². The van der Waals surface area contributed by atoms with Crippen molar-refractivity contribution in [3.05, 3.63) is 64.2 Å². The summed E-state index contributed by atoms with van der Waals surface area (Å²) in [5, 5.41) is 3.67. The highest BCUT2D eigenvalue weighted by molar-refractivity contribution is 7.99. The highest BCUT2D eigenvalue weighted by Crippen LogP contribution is 2.37. The molecule has 0 aliphatic carbocycles. The van der Waals surface area contributed by atoms with Crippen LogP contribution in [0.15, 0.2) is 41.3 Å². The van der Waals surface area contributed by atoms with E-state index in [9.17, 15) is 13.6 Å². The minimum absolute atomic E-state index is 0.0580. The third kappa shape index (κ3) is 4.08. The number of thioether (sulfide) groups is 1. The molecule has 3 rings (SSSR count). The van der Waals surface area contributed by atoms with Crippen LogP contribution in [0.1, 0.15) is 30.0 Å². The van der Waals surface area contributed by atoms with Crippen molar-refractivity contribution >= 4 is 29.3 Å². The van der Waals surface area contributed by atoms with Crippen LogP contribution in [0, 0.1) is 11.6 Å². The number of nitrogens with one attached hydrogen (secondary N) is 1. The molecule has 2 aromatic rings. The quantitative estimate of drug-likeness (QED) is 0.832. The first-order chi connectivity index (χ1) is 11.5. The Hall–Kier alpha value is -1.59. The van der Waals surface area contributed by atoms with E-state index in [1.54, 1.807) is 11.8 Å². The molecule has 1 amide bonds. The fraction of sp³-hybridized carbons (Fsp3) is 0.278. The topological polar surface area (TPSA) is 29.1 Å². The highest BCUT2D eigenvalue weighted by atomic mass is 35.5. The van der Waals surface area contributed by atoms with Gasteiger partial charge in [-0.3, -0.25) is 4.79 Å². The molecule has 0 saturated heterocycles. The van der Waals surface area contributed by atoms with E-state index < -0.39 is 11.6 Å². The Labute approximate surface area is 148 Å². The molecule has 24 heavy (non-hydrogen) atoms. The Balaban J connectivity index is 1.61. The molecule has 6 heteroatoms. The smallest absolute Gasteiger partial charge is 0.220 e. The van der Waals surface area contributed by atoms with Crippen molar-refractivity contribution < 1.29 is 13.6 Å². The lowest BCUT2D eigenvalue weighted by atomic mass is 10.0. The lowest BCUT2D eigenvalue weighted by Gasteiger charge is -2.26. The first-order valence-electron chi connectivity index (χ1n) is 7.68. The molecule has 1 unspecified atom stereocenters. The van der Waals surface area contributed by atoms with Crippen LogP contribution in [0.25, 0.3) is 0 Å². The first-order valence-corrected chi connectivity index (χ1v) is 9.05. The summed E-state index contributed by atoms with van der Waals surface area (Å²) in [5.74, 6) is -0.942. The van der Waals surface area contributed by atoms with Crippen molar-refractivity contribution in [2.24, 2.45) is 0 Å². The molecule has 2 nitrogen and oxygen atoms in total. The van der Waals surface area contributed by atoms with E-state index in [2.05, 4.69) is 5.32 Å². The maximum Gasteiger partial charge on any atom is 0.220 e. The SMILES string of the molecule is O=C(CCc1ccc(F)c(F)c1)NC1CCSc2ccc(Cl)cc21. The molecule has 0 bridgehead atoms. The molecular weight excluding hydrogens is 352 g/mol. The average molecular weight is 368 g/mol. The highest BCUT2D eigenvalue weighted by Gasteiger charge is 2.22. The minimum atomic E-state index is -0.888. The Kier molecular flexibility index (Phi) is 5.41. The molecule has 1 heterocycles. The maximum atomic E-state index is 13.2. The summed E-state index contributed by atoms with van der Waals surface area (Å²) in [5.41, 5.74) is 1.65. The zero-order valence-electron chi connectivity index (χ0n) is 12.8. The van der Waals surface area contributed by atoms with Gasteiger partial charge in [-0.2, -0.15) is 0 Å². The van der Waals surface area contributed by atoms with Crippen LogP contribution in [-0.2, 0) is 11.2 Å². The van der Waals surface area contributed by atoms with Gasteiger partial charge in [0.2, 0.25) is 5.91 Å². The average Bonchev–Trinajstić information content (AvgIpc) is 2.56. The zero-order valence-corrected chi connectivity index (χ0v) is 14.4. The van der Waals surface area contributed by atoms with E-state index in [4.69, 9.17) is 11.6 Å².